The van der Waals surface area contributed by atoms with E-state index in [1.807, 2.05) is 0 Å². The molecule has 0 saturated heterocycles. The molecule has 1 fully saturated rings. The minimum Gasteiger partial charge on any atom is -0.396 e. The van der Waals surface area contributed by atoms with Gasteiger partial charge in [-0.3, -0.25) is 0 Å². The molecule has 1 aliphatic rings. The fraction of sp³-hybridized carbons (Fsp3) is 0.545. The van der Waals surface area contributed by atoms with Gasteiger partial charge in [0, 0.05) is 18.0 Å². The van der Waals surface area contributed by atoms with E-state index in [-0.39, 0.29) is 17.7 Å². The molecule has 0 aliphatic heterocycles. The van der Waals surface area contributed by atoms with Gasteiger partial charge in [0.2, 0.25) is 0 Å². The first-order valence-electron chi connectivity index (χ1n) is 5.93. The number of hydrogen-bond donors (Lipinski definition) is 3. The highest BCUT2D eigenvalue weighted by Crippen LogP contribution is 2.44. The second-order valence-corrected chi connectivity index (χ2v) is 4.92. The molecule has 0 amide bonds. The largest absolute Gasteiger partial charge is 0.396 e. The van der Waals surface area contributed by atoms with Gasteiger partial charge in [0.05, 0.1) is 6.61 Å². The van der Waals surface area contributed by atoms with Gasteiger partial charge in [0.25, 0.3) is 0 Å². The van der Waals surface area contributed by atoms with E-state index in [2.05, 4.69) is 20.5 Å². The molecule has 3 N–H and O–H groups in total. The molecule has 7 nitrogen and oxygen atoms in total. The van der Waals surface area contributed by atoms with Crippen molar-refractivity contribution in [2.75, 3.05) is 18.5 Å². The second kappa shape index (κ2) is 3.81. The van der Waals surface area contributed by atoms with Crippen molar-refractivity contribution in [1.82, 2.24) is 19.6 Å². The van der Waals surface area contributed by atoms with Gasteiger partial charge in [-0.15, -0.1) is 0 Å². The molecular formula is C11H15N5O2. The topological polar surface area (TPSA) is 95.3 Å². The van der Waals surface area contributed by atoms with Gasteiger partial charge >= 0.3 is 5.69 Å². The third-order valence-corrected chi connectivity index (χ3v) is 3.51. The molecule has 2 aromatic heterocycles. The van der Waals surface area contributed by atoms with E-state index in [9.17, 15) is 9.90 Å². The van der Waals surface area contributed by atoms with Crippen LogP contribution in [0.25, 0.3) is 5.65 Å². The van der Waals surface area contributed by atoms with Crippen LogP contribution in [-0.2, 0) is 0 Å². The van der Waals surface area contributed by atoms with E-state index < -0.39 is 0 Å². The quantitative estimate of drug-likeness (QED) is 0.704. The van der Waals surface area contributed by atoms with Crippen LogP contribution in [0.2, 0.25) is 0 Å². The number of H-pyrrole nitrogens is 1. The third kappa shape index (κ3) is 1.76. The molecule has 7 heteroatoms. The summed E-state index contributed by atoms with van der Waals surface area (Å²) in [5.41, 5.74) is 0.284. The number of nitrogens with one attached hydrogen (secondary N) is 2. The van der Waals surface area contributed by atoms with Crippen molar-refractivity contribution < 1.29 is 5.11 Å². The van der Waals surface area contributed by atoms with Crippen molar-refractivity contribution in [3.63, 3.8) is 0 Å². The van der Waals surface area contributed by atoms with E-state index >= 15 is 0 Å². The van der Waals surface area contributed by atoms with Crippen LogP contribution < -0.4 is 11.0 Å². The van der Waals surface area contributed by atoms with Crippen LogP contribution >= 0.6 is 0 Å². The Morgan fingerprint density at radius 2 is 2.39 bits per heavy atom. The summed E-state index contributed by atoms with van der Waals surface area (Å²) in [4.78, 5) is 15.7. The zero-order chi connectivity index (χ0) is 12.8. The SMILES string of the molecule is Cc1nc(NCC2(CO)CC2)cc2n[nH]c(=O)n12. The number of nitrogens with zero attached hydrogens (tertiary/aromatic N) is 3. The van der Waals surface area contributed by atoms with Gasteiger partial charge < -0.3 is 10.4 Å². The number of aryl methyl sites for hydroxylation is 1. The molecule has 0 atom stereocenters. The summed E-state index contributed by atoms with van der Waals surface area (Å²) >= 11 is 0. The first kappa shape index (κ1) is 11.2. The third-order valence-electron chi connectivity index (χ3n) is 3.51. The Morgan fingerprint density at radius 1 is 1.61 bits per heavy atom. The van der Waals surface area contributed by atoms with Gasteiger partial charge in [0.15, 0.2) is 5.65 Å². The van der Waals surface area contributed by atoms with Crippen molar-refractivity contribution in [3.05, 3.63) is 22.4 Å². The Labute approximate surface area is 103 Å². The van der Waals surface area contributed by atoms with E-state index in [0.717, 1.165) is 12.8 Å². The Balaban J connectivity index is 1.87. The highest BCUT2D eigenvalue weighted by atomic mass is 16.3. The first-order valence-corrected chi connectivity index (χ1v) is 5.93. The van der Waals surface area contributed by atoms with Crippen molar-refractivity contribution >= 4 is 11.5 Å². The monoisotopic (exact) mass is 249 g/mol. The summed E-state index contributed by atoms with van der Waals surface area (Å²) < 4.78 is 1.42. The number of fused-ring (bicyclic) bond motifs is 1. The van der Waals surface area contributed by atoms with Crippen molar-refractivity contribution in [3.8, 4) is 0 Å². The maximum Gasteiger partial charge on any atom is 0.349 e. The summed E-state index contributed by atoms with van der Waals surface area (Å²) in [6.07, 6.45) is 2.08. The molecule has 3 rings (SSSR count). The molecule has 0 aromatic carbocycles. The number of rotatable bonds is 4. The number of hydrogen-bond acceptors (Lipinski definition) is 5. The molecular weight excluding hydrogens is 234 g/mol. The zero-order valence-corrected chi connectivity index (χ0v) is 10.1. The predicted octanol–water partition coefficient (Wildman–Crippen LogP) is -0.0896. The molecule has 2 heterocycles. The Hall–Kier alpha value is -1.89. The van der Waals surface area contributed by atoms with Crippen LogP contribution in [-0.4, -0.2) is 37.8 Å². The maximum absolute atomic E-state index is 11.4. The van der Waals surface area contributed by atoms with E-state index in [4.69, 9.17) is 0 Å². The molecule has 2 aromatic rings. The summed E-state index contributed by atoms with van der Waals surface area (Å²) in [7, 11) is 0. The fourth-order valence-electron chi connectivity index (χ4n) is 2.03. The molecule has 0 spiro atoms. The summed E-state index contributed by atoms with van der Waals surface area (Å²) in [6, 6.07) is 1.72. The van der Waals surface area contributed by atoms with Gasteiger partial charge in [-0.2, -0.15) is 5.10 Å². The van der Waals surface area contributed by atoms with Crippen LogP contribution in [0, 0.1) is 12.3 Å². The Bertz CT molecular complexity index is 640. The smallest absolute Gasteiger partial charge is 0.349 e. The minimum atomic E-state index is -0.282. The van der Waals surface area contributed by atoms with Crippen molar-refractivity contribution in [2.45, 2.75) is 19.8 Å². The number of aliphatic hydroxyl groups is 1. The van der Waals surface area contributed by atoms with Crippen LogP contribution in [0.1, 0.15) is 18.7 Å². The predicted molar refractivity (Wildman–Crippen MR) is 65.6 cm³/mol. The van der Waals surface area contributed by atoms with E-state index in [1.54, 1.807) is 13.0 Å². The lowest BCUT2D eigenvalue weighted by Gasteiger charge is -2.13. The second-order valence-electron chi connectivity index (χ2n) is 4.92. The molecule has 0 bridgehead atoms. The van der Waals surface area contributed by atoms with E-state index in [1.165, 1.54) is 4.40 Å². The fourth-order valence-corrected chi connectivity index (χ4v) is 2.03. The number of anilines is 1. The van der Waals surface area contributed by atoms with Gasteiger partial charge in [0.1, 0.15) is 11.6 Å². The molecule has 0 radical (unpaired) electrons. The average molecular weight is 249 g/mol. The number of aromatic nitrogens is 4. The Morgan fingerprint density at radius 3 is 3.06 bits per heavy atom. The van der Waals surface area contributed by atoms with Crippen molar-refractivity contribution in [2.24, 2.45) is 5.41 Å². The standard InChI is InChI=1S/C11H15N5O2/c1-7-13-8(12-5-11(6-17)2-3-11)4-9-14-15-10(18)16(7)9/h4,12,17H,2-3,5-6H2,1H3,(H,15,18). The summed E-state index contributed by atoms with van der Waals surface area (Å²) in [5.74, 6) is 1.27. The lowest BCUT2D eigenvalue weighted by atomic mass is 10.1. The van der Waals surface area contributed by atoms with Crippen LogP contribution in [0.3, 0.4) is 0 Å². The first-order chi connectivity index (χ1) is 8.63. The minimum absolute atomic E-state index is 0.0208. The van der Waals surface area contributed by atoms with Crippen LogP contribution in [0.15, 0.2) is 10.9 Å². The molecule has 0 unspecified atom stereocenters. The number of aliphatic hydroxyl groups excluding tert-OH is 1. The van der Waals surface area contributed by atoms with Gasteiger partial charge in [-0.1, -0.05) is 0 Å². The lowest BCUT2D eigenvalue weighted by Crippen LogP contribution is -2.20. The molecule has 1 aliphatic carbocycles. The summed E-state index contributed by atoms with van der Waals surface area (Å²) in [5, 5.41) is 18.7. The molecule has 1 saturated carbocycles. The van der Waals surface area contributed by atoms with E-state index in [0.29, 0.717) is 23.8 Å². The highest BCUT2D eigenvalue weighted by molar-refractivity contribution is 5.49. The molecule has 18 heavy (non-hydrogen) atoms. The van der Waals surface area contributed by atoms with Crippen molar-refractivity contribution in [1.29, 1.82) is 0 Å². The Kier molecular flexibility index (Phi) is 2.37. The molecule has 96 valence electrons. The zero-order valence-electron chi connectivity index (χ0n) is 10.1. The van der Waals surface area contributed by atoms with Crippen LogP contribution in [0.4, 0.5) is 5.82 Å². The average Bonchev–Trinajstić information content (AvgIpc) is 3.05. The lowest BCUT2D eigenvalue weighted by molar-refractivity contribution is 0.219. The normalized spacial score (nSPS) is 17.0. The van der Waals surface area contributed by atoms with Gasteiger partial charge in [-0.05, 0) is 19.8 Å². The highest BCUT2D eigenvalue weighted by Gasteiger charge is 2.41. The summed E-state index contributed by atoms with van der Waals surface area (Å²) in [6.45, 7) is 2.65. The van der Waals surface area contributed by atoms with Gasteiger partial charge in [-0.25, -0.2) is 19.3 Å². The maximum atomic E-state index is 11.4. The van der Waals surface area contributed by atoms with Crippen LogP contribution in [0.5, 0.6) is 0 Å². The number of aromatic amines is 1.